The summed E-state index contributed by atoms with van der Waals surface area (Å²) < 4.78 is 2.55. The fraction of sp³-hybridized carbons (Fsp3) is 0. The van der Waals surface area contributed by atoms with Crippen LogP contribution in [0.15, 0.2) is 54.7 Å². The first-order valence-corrected chi connectivity index (χ1v) is 7.09. The van der Waals surface area contributed by atoms with Crippen molar-refractivity contribution in [1.82, 2.24) is 4.57 Å². The van der Waals surface area contributed by atoms with Gasteiger partial charge >= 0.3 is 0 Å². The Morgan fingerprint density at radius 1 is 1.15 bits per heavy atom. The predicted molar refractivity (Wildman–Crippen MR) is 85.5 cm³/mol. The van der Waals surface area contributed by atoms with Crippen LogP contribution in [0.3, 0.4) is 0 Å². The molecule has 96 valence electrons. The number of carbonyl (C=O) groups is 1. The Labute approximate surface area is 129 Å². The second-order valence-corrected chi connectivity index (χ2v) is 5.60. The zero-order valence-corrected chi connectivity index (χ0v) is 12.5. The summed E-state index contributed by atoms with van der Waals surface area (Å²) in [4.78, 5) is 12.6. The van der Waals surface area contributed by atoms with E-state index in [1.54, 1.807) is 16.8 Å². The van der Waals surface area contributed by atoms with Crippen molar-refractivity contribution in [3.63, 3.8) is 0 Å². The van der Waals surface area contributed by atoms with Gasteiger partial charge in [0.1, 0.15) is 6.07 Å². The highest BCUT2D eigenvalue weighted by Crippen LogP contribution is 2.22. The van der Waals surface area contributed by atoms with E-state index in [2.05, 4.69) is 28.7 Å². The maximum absolute atomic E-state index is 12.6. The van der Waals surface area contributed by atoms with Crippen LogP contribution in [0.5, 0.6) is 0 Å². The van der Waals surface area contributed by atoms with Crippen LogP contribution in [0, 0.1) is 14.9 Å². The molecule has 3 rings (SSSR count). The zero-order valence-electron chi connectivity index (χ0n) is 10.4. The van der Waals surface area contributed by atoms with Crippen molar-refractivity contribution >= 4 is 39.4 Å². The molecule has 0 fully saturated rings. The lowest BCUT2D eigenvalue weighted by atomic mass is 10.2. The van der Waals surface area contributed by atoms with E-state index in [0.29, 0.717) is 11.1 Å². The third-order valence-corrected chi connectivity index (χ3v) is 3.79. The van der Waals surface area contributed by atoms with Gasteiger partial charge in [-0.25, -0.2) is 0 Å². The van der Waals surface area contributed by atoms with Gasteiger partial charge in [-0.15, -0.1) is 0 Å². The van der Waals surface area contributed by atoms with E-state index in [1.807, 2.05) is 42.5 Å². The molecule has 0 N–H and O–H groups in total. The van der Waals surface area contributed by atoms with Gasteiger partial charge in [-0.05, 0) is 46.9 Å². The van der Waals surface area contributed by atoms with E-state index in [9.17, 15) is 4.79 Å². The van der Waals surface area contributed by atoms with Crippen LogP contribution < -0.4 is 0 Å². The smallest absolute Gasteiger partial charge is 0.262 e. The Kier molecular flexibility index (Phi) is 3.28. The van der Waals surface area contributed by atoms with Gasteiger partial charge in [-0.2, -0.15) is 5.26 Å². The van der Waals surface area contributed by atoms with E-state index in [-0.39, 0.29) is 5.91 Å². The van der Waals surface area contributed by atoms with Gasteiger partial charge in [0, 0.05) is 20.7 Å². The Morgan fingerprint density at radius 3 is 2.70 bits per heavy atom. The summed E-state index contributed by atoms with van der Waals surface area (Å²) >= 11 is 2.17. The molecule has 0 saturated heterocycles. The number of para-hydroxylation sites is 1. The van der Waals surface area contributed by atoms with Crippen LogP contribution in [0.4, 0.5) is 0 Å². The van der Waals surface area contributed by atoms with E-state index in [4.69, 9.17) is 5.26 Å². The highest BCUT2D eigenvalue weighted by atomic mass is 127. The molecule has 1 aromatic heterocycles. The van der Waals surface area contributed by atoms with Crippen molar-refractivity contribution < 1.29 is 4.79 Å². The second-order valence-electron chi connectivity index (χ2n) is 4.36. The first kappa shape index (κ1) is 12.9. The van der Waals surface area contributed by atoms with Crippen LogP contribution in [-0.2, 0) is 0 Å². The topological polar surface area (TPSA) is 45.8 Å². The molecule has 0 aliphatic heterocycles. The Hall–Kier alpha value is -2.13. The van der Waals surface area contributed by atoms with Crippen molar-refractivity contribution in [2.45, 2.75) is 0 Å². The SMILES string of the molecule is N#Cc1cn(C(=O)c2cccc(I)c2)c2ccccc12. The second kappa shape index (κ2) is 5.10. The number of nitriles is 1. The molecule has 3 aromatic rings. The molecule has 0 radical (unpaired) electrons. The van der Waals surface area contributed by atoms with Crippen LogP contribution in [0.25, 0.3) is 10.9 Å². The lowest BCUT2D eigenvalue weighted by molar-refractivity contribution is 0.0965. The molecule has 0 aliphatic rings. The number of hydrogen-bond donors (Lipinski definition) is 0. The van der Waals surface area contributed by atoms with E-state index >= 15 is 0 Å². The number of carbonyl (C=O) groups excluding carboxylic acids is 1. The fourth-order valence-corrected chi connectivity index (χ4v) is 2.74. The Morgan fingerprint density at radius 2 is 1.95 bits per heavy atom. The minimum atomic E-state index is -0.124. The number of hydrogen-bond acceptors (Lipinski definition) is 2. The maximum Gasteiger partial charge on any atom is 0.262 e. The highest BCUT2D eigenvalue weighted by molar-refractivity contribution is 14.1. The number of nitrogens with zero attached hydrogens (tertiary/aromatic N) is 2. The van der Waals surface area contributed by atoms with Gasteiger partial charge in [-0.1, -0.05) is 24.3 Å². The fourth-order valence-electron chi connectivity index (χ4n) is 2.20. The monoisotopic (exact) mass is 372 g/mol. The normalized spacial score (nSPS) is 10.4. The molecule has 0 spiro atoms. The molecule has 20 heavy (non-hydrogen) atoms. The maximum atomic E-state index is 12.6. The number of benzene rings is 2. The summed E-state index contributed by atoms with van der Waals surface area (Å²) in [6, 6.07) is 17.0. The Balaban J connectivity index is 2.20. The average molecular weight is 372 g/mol. The first-order chi connectivity index (χ1) is 9.70. The molecular formula is C16H9IN2O. The van der Waals surface area contributed by atoms with Crippen LogP contribution in [0.1, 0.15) is 15.9 Å². The summed E-state index contributed by atoms with van der Waals surface area (Å²) in [6.07, 6.45) is 1.60. The van der Waals surface area contributed by atoms with E-state index in [1.165, 1.54) is 0 Å². The zero-order chi connectivity index (χ0) is 14.1. The molecular weight excluding hydrogens is 363 g/mol. The molecule has 0 amide bonds. The van der Waals surface area contributed by atoms with Gasteiger partial charge in [0.2, 0.25) is 0 Å². The molecule has 1 heterocycles. The molecule has 4 heteroatoms. The molecule has 2 aromatic carbocycles. The summed E-state index contributed by atoms with van der Waals surface area (Å²) in [5.74, 6) is -0.124. The summed E-state index contributed by atoms with van der Waals surface area (Å²) in [7, 11) is 0. The molecule has 0 atom stereocenters. The largest absolute Gasteiger partial charge is 0.282 e. The molecule has 0 aliphatic carbocycles. The van der Waals surface area contributed by atoms with Crippen LogP contribution in [0.2, 0.25) is 0 Å². The van der Waals surface area contributed by atoms with Gasteiger partial charge < -0.3 is 0 Å². The summed E-state index contributed by atoms with van der Waals surface area (Å²) in [5, 5.41) is 9.97. The van der Waals surface area contributed by atoms with E-state index in [0.717, 1.165) is 14.5 Å². The van der Waals surface area contributed by atoms with Crippen molar-refractivity contribution in [3.8, 4) is 6.07 Å². The standard InChI is InChI=1S/C16H9IN2O/c17-13-5-3-4-11(8-13)16(20)19-10-12(9-18)14-6-1-2-7-15(14)19/h1-8,10H. The minimum Gasteiger partial charge on any atom is -0.282 e. The van der Waals surface area contributed by atoms with E-state index < -0.39 is 0 Å². The predicted octanol–water partition coefficient (Wildman–Crippen LogP) is 3.81. The van der Waals surface area contributed by atoms with Crippen LogP contribution in [-0.4, -0.2) is 10.5 Å². The summed E-state index contributed by atoms with van der Waals surface area (Å²) in [5.41, 5.74) is 1.88. The number of rotatable bonds is 1. The lowest BCUT2D eigenvalue weighted by Gasteiger charge is -2.04. The van der Waals surface area contributed by atoms with Crippen LogP contribution >= 0.6 is 22.6 Å². The first-order valence-electron chi connectivity index (χ1n) is 6.01. The van der Waals surface area contributed by atoms with Crippen molar-refractivity contribution in [2.24, 2.45) is 0 Å². The molecule has 0 unspecified atom stereocenters. The number of fused-ring (bicyclic) bond motifs is 1. The van der Waals surface area contributed by atoms with Gasteiger partial charge in [-0.3, -0.25) is 9.36 Å². The van der Waals surface area contributed by atoms with Gasteiger partial charge in [0.05, 0.1) is 11.1 Å². The third-order valence-electron chi connectivity index (χ3n) is 3.12. The average Bonchev–Trinajstić information content (AvgIpc) is 2.85. The molecule has 0 saturated carbocycles. The Bertz CT molecular complexity index is 858. The van der Waals surface area contributed by atoms with Crippen molar-refractivity contribution in [1.29, 1.82) is 5.26 Å². The number of halogens is 1. The van der Waals surface area contributed by atoms with Gasteiger partial charge in [0.15, 0.2) is 0 Å². The molecule has 0 bridgehead atoms. The molecule has 3 nitrogen and oxygen atoms in total. The van der Waals surface area contributed by atoms with Crippen molar-refractivity contribution in [3.05, 3.63) is 69.4 Å². The van der Waals surface area contributed by atoms with Crippen molar-refractivity contribution in [2.75, 3.05) is 0 Å². The minimum absolute atomic E-state index is 0.124. The number of aromatic nitrogens is 1. The third kappa shape index (κ3) is 2.10. The highest BCUT2D eigenvalue weighted by Gasteiger charge is 2.14. The quantitative estimate of drug-likeness (QED) is 0.610. The van der Waals surface area contributed by atoms with Gasteiger partial charge in [0.25, 0.3) is 5.91 Å². The summed E-state index contributed by atoms with van der Waals surface area (Å²) in [6.45, 7) is 0. The lowest BCUT2D eigenvalue weighted by Crippen LogP contribution is -2.10.